The average molecular weight is 358 g/mol. The lowest BCUT2D eigenvalue weighted by molar-refractivity contribution is 0.00578. The lowest BCUT2D eigenvalue weighted by Crippen LogP contribution is -2.41. The van der Waals surface area contributed by atoms with E-state index in [0.717, 1.165) is 53.9 Å². The summed E-state index contributed by atoms with van der Waals surface area (Å²) >= 11 is 0. The Morgan fingerprint density at radius 1 is 1.12 bits per heavy atom. The van der Waals surface area contributed by atoms with Gasteiger partial charge in [-0.1, -0.05) is 0 Å². The molecule has 0 aliphatic carbocycles. The highest BCUT2D eigenvalue weighted by atomic mass is 16.7. The van der Waals surface area contributed by atoms with Gasteiger partial charge in [0.25, 0.3) is 0 Å². The quantitative estimate of drug-likeness (QED) is 0.855. The van der Waals surface area contributed by atoms with E-state index in [4.69, 9.17) is 18.8 Å². The van der Waals surface area contributed by atoms with Gasteiger partial charge in [-0.2, -0.15) is 5.10 Å². The van der Waals surface area contributed by atoms with E-state index < -0.39 is 7.12 Å². The zero-order valence-corrected chi connectivity index (χ0v) is 16.2. The molecule has 1 aromatic heterocycles. The first-order valence-corrected chi connectivity index (χ1v) is 9.35. The van der Waals surface area contributed by atoms with E-state index in [1.807, 2.05) is 19.1 Å². The fraction of sp³-hybridized carbons (Fsp3) is 0.632. The molecule has 7 heteroatoms. The summed E-state index contributed by atoms with van der Waals surface area (Å²) in [6.07, 6.45) is 1.97. The van der Waals surface area contributed by atoms with E-state index in [0.29, 0.717) is 0 Å². The summed E-state index contributed by atoms with van der Waals surface area (Å²) in [5.74, 6) is 0.838. The number of nitrogens with one attached hydrogen (secondary N) is 1. The summed E-state index contributed by atoms with van der Waals surface area (Å²) in [6.45, 7) is 11.7. The second kappa shape index (κ2) is 6.25. The maximum Gasteiger partial charge on any atom is 0.495 e. The van der Waals surface area contributed by atoms with Crippen LogP contribution in [-0.2, 0) is 14.0 Å². The minimum atomic E-state index is -0.426. The second-order valence-electron chi connectivity index (χ2n) is 8.27. The molecule has 2 aliphatic rings. The summed E-state index contributed by atoms with van der Waals surface area (Å²) in [5, 5.41) is 8.49. The Bertz CT molecular complexity index is 795. The summed E-state index contributed by atoms with van der Waals surface area (Å²) in [5.41, 5.74) is 2.07. The van der Waals surface area contributed by atoms with Gasteiger partial charge in [-0.05, 0) is 52.2 Å². The van der Waals surface area contributed by atoms with Crippen LogP contribution in [0.1, 0.15) is 46.2 Å². The smallest absolute Gasteiger partial charge is 0.489 e. The van der Waals surface area contributed by atoms with E-state index in [2.05, 4.69) is 37.9 Å². The van der Waals surface area contributed by atoms with Crippen LogP contribution in [0.4, 0.5) is 0 Å². The molecule has 2 fully saturated rings. The van der Waals surface area contributed by atoms with E-state index in [9.17, 15) is 0 Å². The molecule has 140 valence electrons. The molecule has 2 aliphatic heterocycles. The van der Waals surface area contributed by atoms with E-state index in [1.54, 1.807) is 0 Å². The van der Waals surface area contributed by atoms with Gasteiger partial charge in [0.1, 0.15) is 11.9 Å². The number of rotatable bonds is 3. The molecule has 2 saturated heterocycles. The third-order valence-corrected chi connectivity index (χ3v) is 5.82. The molecule has 0 atom stereocenters. The third kappa shape index (κ3) is 3.02. The Morgan fingerprint density at radius 3 is 2.42 bits per heavy atom. The van der Waals surface area contributed by atoms with Gasteiger partial charge < -0.3 is 18.8 Å². The van der Waals surface area contributed by atoms with Crippen molar-refractivity contribution >= 4 is 23.5 Å². The highest BCUT2D eigenvalue weighted by Crippen LogP contribution is 2.37. The first-order valence-electron chi connectivity index (χ1n) is 9.35. The zero-order valence-electron chi connectivity index (χ0n) is 16.2. The van der Waals surface area contributed by atoms with Gasteiger partial charge in [0, 0.05) is 12.8 Å². The number of hydrogen-bond donors (Lipinski definition) is 1. The zero-order chi connectivity index (χ0) is 18.5. The number of aryl methyl sites for hydroxylation is 1. The van der Waals surface area contributed by atoms with Gasteiger partial charge in [0.15, 0.2) is 0 Å². The Balaban J connectivity index is 1.70. The summed E-state index contributed by atoms with van der Waals surface area (Å²) in [7, 11) is -0.426. The van der Waals surface area contributed by atoms with Crippen molar-refractivity contribution in [3.63, 3.8) is 0 Å². The molecule has 0 spiro atoms. The van der Waals surface area contributed by atoms with Gasteiger partial charge in [-0.15, -0.1) is 0 Å². The molecule has 0 radical (unpaired) electrons. The molecule has 6 nitrogen and oxygen atoms in total. The van der Waals surface area contributed by atoms with Crippen molar-refractivity contribution in [2.24, 2.45) is 0 Å². The van der Waals surface area contributed by atoms with Crippen LogP contribution in [0, 0.1) is 6.92 Å². The van der Waals surface area contributed by atoms with Gasteiger partial charge in [-0.3, -0.25) is 5.10 Å². The Morgan fingerprint density at radius 2 is 1.77 bits per heavy atom. The van der Waals surface area contributed by atoms with Crippen LogP contribution >= 0.6 is 0 Å². The fourth-order valence-corrected chi connectivity index (χ4v) is 3.48. The third-order valence-electron chi connectivity index (χ3n) is 5.82. The molecule has 4 rings (SSSR count). The van der Waals surface area contributed by atoms with Crippen molar-refractivity contribution in [2.45, 2.75) is 64.8 Å². The number of aromatic amines is 1. The van der Waals surface area contributed by atoms with E-state index in [1.165, 1.54) is 0 Å². The molecular weight excluding hydrogens is 331 g/mol. The number of fused-ring (bicyclic) bond motifs is 1. The SMILES string of the molecule is Cc1n[nH]c2cc(B3OC(C)(C)C(C)(C)O3)cc(OC3CCOCC3)c12. The van der Waals surface area contributed by atoms with Crippen molar-refractivity contribution in [1.82, 2.24) is 10.2 Å². The van der Waals surface area contributed by atoms with Gasteiger partial charge >= 0.3 is 7.12 Å². The molecule has 1 aromatic carbocycles. The molecule has 0 saturated carbocycles. The largest absolute Gasteiger partial charge is 0.495 e. The number of nitrogens with zero attached hydrogens (tertiary/aromatic N) is 1. The fourth-order valence-electron chi connectivity index (χ4n) is 3.48. The molecule has 1 N–H and O–H groups in total. The summed E-state index contributed by atoms with van der Waals surface area (Å²) < 4.78 is 24.2. The Hall–Kier alpha value is -1.57. The van der Waals surface area contributed by atoms with Crippen molar-refractivity contribution in [3.8, 4) is 5.75 Å². The molecular formula is C19H27BN2O4. The molecule has 26 heavy (non-hydrogen) atoms. The minimum Gasteiger partial charge on any atom is -0.489 e. The Labute approximate surface area is 154 Å². The predicted octanol–water partition coefficient (Wildman–Crippen LogP) is 2.73. The van der Waals surface area contributed by atoms with Crippen LogP contribution in [0.15, 0.2) is 12.1 Å². The van der Waals surface area contributed by atoms with E-state index in [-0.39, 0.29) is 17.3 Å². The van der Waals surface area contributed by atoms with Crippen molar-refractivity contribution in [2.75, 3.05) is 13.2 Å². The molecule has 3 heterocycles. The Kier molecular flexibility index (Phi) is 4.29. The number of aromatic nitrogens is 2. The van der Waals surface area contributed by atoms with Crippen LogP contribution in [0.5, 0.6) is 5.75 Å². The van der Waals surface area contributed by atoms with Gasteiger partial charge in [-0.25, -0.2) is 0 Å². The molecule has 2 aromatic rings. The van der Waals surface area contributed by atoms with Crippen LogP contribution in [-0.4, -0.2) is 47.8 Å². The van der Waals surface area contributed by atoms with Gasteiger partial charge in [0.05, 0.1) is 41.0 Å². The number of ether oxygens (including phenoxy) is 2. The lowest BCUT2D eigenvalue weighted by atomic mass is 9.78. The summed E-state index contributed by atoms with van der Waals surface area (Å²) in [6, 6.07) is 4.09. The molecule has 0 unspecified atom stereocenters. The van der Waals surface area contributed by atoms with Crippen molar-refractivity contribution < 1.29 is 18.8 Å². The number of hydrogen-bond acceptors (Lipinski definition) is 5. The highest BCUT2D eigenvalue weighted by molar-refractivity contribution is 6.62. The number of benzene rings is 1. The minimum absolute atomic E-state index is 0.162. The van der Waals surface area contributed by atoms with E-state index >= 15 is 0 Å². The van der Waals surface area contributed by atoms with Crippen molar-refractivity contribution in [1.29, 1.82) is 0 Å². The van der Waals surface area contributed by atoms with Crippen LogP contribution in [0.25, 0.3) is 10.9 Å². The average Bonchev–Trinajstić information content (AvgIpc) is 3.05. The van der Waals surface area contributed by atoms with Crippen LogP contribution in [0.2, 0.25) is 0 Å². The maximum absolute atomic E-state index is 6.36. The topological polar surface area (TPSA) is 65.6 Å². The standard InChI is InChI=1S/C19H27BN2O4/c1-12-17-15(22-21-12)10-13(20-25-18(2,3)19(4,5)26-20)11-16(17)24-14-6-8-23-9-7-14/h10-11,14H,6-9H2,1-5H3,(H,21,22). The lowest BCUT2D eigenvalue weighted by Gasteiger charge is -2.32. The predicted molar refractivity (Wildman–Crippen MR) is 101 cm³/mol. The summed E-state index contributed by atoms with van der Waals surface area (Å²) in [4.78, 5) is 0. The first kappa shape index (κ1) is 17.8. The number of H-pyrrole nitrogens is 1. The normalized spacial score (nSPS) is 22.9. The molecule has 0 amide bonds. The van der Waals surface area contributed by atoms with Crippen LogP contribution < -0.4 is 10.2 Å². The first-order chi connectivity index (χ1) is 12.3. The van der Waals surface area contributed by atoms with Crippen molar-refractivity contribution in [3.05, 3.63) is 17.8 Å². The van der Waals surface area contributed by atoms with Crippen LogP contribution in [0.3, 0.4) is 0 Å². The monoisotopic (exact) mass is 358 g/mol. The highest BCUT2D eigenvalue weighted by Gasteiger charge is 2.52. The van der Waals surface area contributed by atoms with Gasteiger partial charge in [0.2, 0.25) is 0 Å². The second-order valence-corrected chi connectivity index (χ2v) is 8.27. The maximum atomic E-state index is 6.36. The molecule has 0 bridgehead atoms.